The summed E-state index contributed by atoms with van der Waals surface area (Å²) in [6.45, 7) is 3.58. The number of hydrogen-bond acceptors (Lipinski definition) is 3. The second-order valence-electron chi connectivity index (χ2n) is 7.90. The normalized spacial score (nSPS) is 14.2. The molecular weight excluding hydrogens is 468 g/mol. The summed E-state index contributed by atoms with van der Waals surface area (Å²) < 4.78 is 83.2. The lowest BCUT2D eigenvalue weighted by molar-refractivity contribution is -0.152. The predicted octanol–water partition coefficient (Wildman–Crippen LogP) is 5.85. The second-order valence-corrected chi connectivity index (χ2v) is 9.61. The minimum Gasteiger partial charge on any atom is -0.377 e. The maximum atomic E-state index is 14.2. The van der Waals surface area contributed by atoms with Crippen LogP contribution in [0.2, 0.25) is 0 Å². The van der Waals surface area contributed by atoms with Gasteiger partial charge >= 0.3 is 6.18 Å². The number of alkyl halides is 3. The number of halogens is 4. The molecule has 0 bridgehead atoms. The van der Waals surface area contributed by atoms with Gasteiger partial charge in [0.1, 0.15) is 11.9 Å². The molecule has 0 unspecified atom stereocenters. The van der Waals surface area contributed by atoms with Gasteiger partial charge < -0.3 is 5.32 Å². The molecule has 9 heteroatoms. The van der Waals surface area contributed by atoms with Crippen molar-refractivity contribution in [2.75, 3.05) is 5.32 Å². The van der Waals surface area contributed by atoms with Crippen LogP contribution in [0, 0.1) is 19.7 Å². The van der Waals surface area contributed by atoms with Crippen LogP contribution in [0.25, 0.3) is 6.08 Å². The Morgan fingerprint density at radius 2 is 1.35 bits per heavy atom. The molecule has 34 heavy (non-hydrogen) atoms. The quantitative estimate of drug-likeness (QED) is 0.388. The van der Waals surface area contributed by atoms with E-state index in [0.29, 0.717) is 11.3 Å². The molecule has 0 aromatic heterocycles. The number of anilines is 1. The molecular formula is C25H24F4N2O2S. The van der Waals surface area contributed by atoms with Crippen molar-refractivity contribution in [3.63, 3.8) is 0 Å². The monoisotopic (exact) mass is 492 g/mol. The summed E-state index contributed by atoms with van der Waals surface area (Å²) >= 11 is 0. The van der Waals surface area contributed by atoms with Crippen LogP contribution in [0.15, 0.2) is 83.8 Å². The van der Waals surface area contributed by atoms with Gasteiger partial charge in [-0.1, -0.05) is 59.7 Å². The Bertz CT molecular complexity index is 1220. The van der Waals surface area contributed by atoms with E-state index in [4.69, 9.17) is 0 Å². The molecule has 4 nitrogen and oxygen atoms in total. The fourth-order valence-electron chi connectivity index (χ4n) is 3.17. The summed E-state index contributed by atoms with van der Waals surface area (Å²) in [5.41, 5.74) is 2.52. The first-order valence-electron chi connectivity index (χ1n) is 10.4. The summed E-state index contributed by atoms with van der Waals surface area (Å²) in [7, 11) is -4.49. The Morgan fingerprint density at radius 1 is 0.824 bits per heavy atom. The Balaban J connectivity index is 1.99. The molecule has 3 aromatic carbocycles. The number of benzene rings is 3. The lowest BCUT2D eigenvalue weighted by atomic mass is 10.1. The topological polar surface area (TPSA) is 58.2 Å². The molecule has 3 aromatic rings. The summed E-state index contributed by atoms with van der Waals surface area (Å²) in [6, 6.07) is 13.4. The van der Waals surface area contributed by atoms with Gasteiger partial charge in [-0.15, -0.1) is 0 Å². The summed E-state index contributed by atoms with van der Waals surface area (Å²) in [6.07, 6.45) is -2.33. The molecule has 0 aliphatic heterocycles. The standard InChI is InChI=1S/C25H24F4N2O2S/c1-17-3-12-21(13-4-17)30-23(16-9-19-7-10-20(26)11-8-19)24(25(27,28)29)31-34(32,33)22-14-5-18(2)6-15-22/h3-16,23-24,30-31H,1-2H3/b16-9+/t23-,24+/m0/s1. The molecule has 3 rings (SSSR count). The molecule has 2 N–H and O–H groups in total. The average molecular weight is 493 g/mol. The SMILES string of the molecule is Cc1ccc(N[C@@H](/C=C/c2ccc(F)cc2)[C@@H](NS(=O)(=O)c2ccc(C)cc2)C(F)(F)F)cc1. The number of aryl methyl sites for hydroxylation is 2. The summed E-state index contributed by atoms with van der Waals surface area (Å²) in [4.78, 5) is -0.274. The van der Waals surface area contributed by atoms with Crippen molar-refractivity contribution >= 4 is 21.8 Å². The van der Waals surface area contributed by atoms with Crippen molar-refractivity contribution in [2.24, 2.45) is 0 Å². The van der Waals surface area contributed by atoms with Crippen LogP contribution in [0.3, 0.4) is 0 Å². The molecule has 0 aliphatic rings. The summed E-state index contributed by atoms with van der Waals surface area (Å²) in [5.74, 6) is -0.481. The van der Waals surface area contributed by atoms with Crippen LogP contribution in [0.1, 0.15) is 16.7 Å². The Labute approximate surface area is 196 Å². The molecule has 0 saturated carbocycles. The Hall–Kier alpha value is -3.17. The van der Waals surface area contributed by atoms with E-state index in [1.165, 1.54) is 60.7 Å². The minimum absolute atomic E-state index is 0.274. The van der Waals surface area contributed by atoms with E-state index in [1.54, 1.807) is 31.2 Å². The highest BCUT2D eigenvalue weighted by Gasteiger charge is 2.46. The lowest BCUT2D eigenvalue weighted by Crippen LogP contribution is -2.54. The van der Waals surface area contributed by atoms with E-state index < -0.39 is 34.1 Å². The Morgan fingerprint density at radius 3 is 1.88 bits per heavy atom. The van der Waals surface area contributed by atoms with Crippen molar-refractivity contribution in [1.29, 1.82) is 0 Å². The smallest absolute Gasteiger partial charge is 0.377 e. The third kappa shape index (κ3) is 6.91. The molecule has 0 aliphatic carbocycles. The van der Waals surface area contributed by atoms with Crippen molar-refractivity contribution in [1.82, 2.24) is 4.72 Å². The Kier molecular flexibility index (Phi) is 7.78. The van der Waals surface area contributed by atoms with Crippen molar-refractivity contribution in [2.45, 2.75) is 37.0 Å². The van der Waals surface area contributed by atoms with Crippen LogP contribution >= 0.6 is 0 Å². The highest BCUT2D eigenvalue weighted by molar-refractivity contribution is 7.89. The van der Waals surface area contributed by atoms with Gasteiger partial charge in [0, 0.05) is 5.69 Å². The maximum Gasteiger partial charge on any atom is 0.407 e. The highest BCUT2D eigenvalue weighted by Crippen LogP contribution is 2.28. The third-order valence-corrected chi connectivity index (χ3v) is 6.53. The summed E-state index contributed by atoms with van der Waals surface area (Å²) in [5, 5.41) is 2.77. The second kappa shape index (κ2) is 10.4. The van der Waals surface area contributed by atoms with E-state index >= 15 is 0 Å². The molecule has 0 fully saturated rings. The highest BCUT2D eigenvalue weighted by atomic mass is 32.2. The molecule has 0 radical (unpaired) electrons. The van der Waals surface area contributed by atoms with E-state index in [2.05, 4.69) is 5.32 Å². The van der Waals surface area contributed by atoms with Gasteiger partial charge in [0.25, 0.3) is 0 Å². The van der Waals surface area contributed by atoms with Gasteiger partial charge in [-0.2, -0.15) is 17.9 Å². The van der Waals surface area contributed by atoms with Crippen molar-refractivity contribution < 1.29 is 26.0 Å². The zero-order valence-electron chi connectivity index (χ0n) is 18.5. The van der Waals surface area contributed by atoms with Gasteiger partial charge in [-0.3, -0.25) is 0 Å². The molecule has 0 heterocycles. The lowest BCUT2D eigenvalue weighted by Gasteiger charge is -2.29. The van der Waals surface area contributed by atoms with Crippen LogP contribution in [0.4, 0.5) is 23.2 Å². The first-order valence-corrected chi connectivity index (χ1v) is 11.8. The van der Waals surface area contributed by atoms with E-state index in [-0.39, 0.29) is 4.90 Å². The fourth-order valence-corrected chi connectivity index (χ4v) is 4.41. The van der Waals surface area contributed by atoms with Gasteiger partial charge in [-0.25, -0.2) is 12.8 Å². The van der Waals surface area contributed by atoms with Gasteiger partial charge in [0.05, 0.1) is 10.9 Å². The molecule has 0 spiro atoms. The molecule has 0 saturated heterocycles. The zero-order chi connectivity index (χ0) is 24.9. The number of rotatable bonds is 8. The molecule has 2 atom stereocenters. The maximum absolute atomic E-state index is 14.2. The molecule has 0 amide bonds. The van der Waals surface area contributed by atoms with Gasteiger partial charge in [0.2, 0.25) is 10.0 Å². The number of sulfonamides is 1. The third-order valence-electron chi connectivity index (χ3n) is 5.08. The predicted molar refractivity (Wildman–Crippen MR) is 125 cm³/mol. The van der Waals surface area contributed by atoms with Crippen LogP contribution in [0.5, 0.6) is 0 Å². The average Bonchev–Trinajstić information content (AvgIpc) is 2.77. The first-order chi connectivity index (χ1) is 15.9. The van der Waals surface area contributed by atoms with Crippen LogP contribution < -0.4 is 10.0 Å². The van der Waals surface area contributed by atoms with E-state index in [9.17, 15) is 26.0 Å². The molecule has 180 valence electrons. The largest absolute Gasteiger partial charge is 0.407 e. The van der Waals surface area contributed by atoms with Crippen LogP contribution in [-0.4, -0.2) is 26.7 Å². The first kappa shape index (κ1) is 25.5. The van der Waals surface area contributed by atoms with E-state index in [0.717, 1.165) is 11.1 Å². The van der Waals surface area contributed by atoms with E-state index in [1.807, 2.05) is 11.6 Å². The fraction of sp³-hybridized carbons (Fsp3) is 0.200. The number of nitrogens with one attached hydrogen (secondary N) is 2. The van der Waals surface area contributed by atoms with Gasteiger partial charge in [-0.05, 0) is 55.8 Å². The van der Waals surface area contributed by atoms with Crippen molar-refractivity contribution in [3.8, 4) is 0 Å². The van der Waals surface area contributed by atoms with Crippen molar-refractivity contribution in [3.05, 3.63) is 101 Å². The van der Waals surface area contributed by atoms with Gasteiger partial charge in [0.15, 0.2) is 0 Å². The number of hydrogen-bond donors (Lipinski definition) is 2. The minimum atomic E-state index is -4.92. The van der Waals surface area contributed by atoms with Crippen LogP contribution in [-0.2, 0) is 10.0 Å². The zero-order valence-corrected chi connectivity index (χ0v) is 19.3.